The molecule has 43 heavy (non-hydrogen) atoms. The van der Waals surface area contributed by atoms with Crippen LogP contribution in [0.5, 0.6) is 0 Å². The van der Waals surface area contributed by atoms with Crippen molar-refractivity contribution in [1.82, 2.24) is 34.4 Å². The molecule has 0 spiro atoms. The molecule has 0 aliphatic carbocycles. The number of aryl methyl sites for hydroxylation is 2. The Morgan fingerprint density at radius 1 is 1.00 bits per heavy atom. The molecule has 0 saturated heterocycles. The summed E-state index contributed by atoms with van der Waals surface area (Å²) in [5, 5.41) is 21.6. The number of carboxylic acid groups (broad SMARTS) is 1. The van der Waals surface area contributed by atoms with Crippen molar-refractivity contribution in [2.24, 2.45) is 13.0 Å². The average molecular weight is 586 g/mol. The summed E-state index contributed by atoms with van der Waals surface area (Å²) < 4.78 is 1.84. The average Bonchev–Trinajstić information content (AvgIpc) is 3.59. The van der Waals surface area contributed by atoms with E-state index < -0.39 is 6.09 Å². The van der Waals surface area contributed by atoms with Crippen molar-refractivity contribution in [2.75, 3.05) is 13.1 Å². The van der Waals surface area contributed by atoms with E-state index in [1.807, 2.05) is 69.4 Å². The summed E-state index contributed by atoms with van der Waals surface area (Å²) in [6.45, 7) is 10.8. The predicted octanol–water partition coefficient (Wildman–Crippen LogP) is 4.96. The summed E-state index contributed by atoms with van der Waals surface area (Å²) in [6, 6.07) is 12.5. The summed E-state index contributed by atoms with van der Waals surface area (Å²) in [4.78, 5) is 43.2. The van der Waals surface area contributed by atoms with Gasteiger partial charge in [0.1, 0.15) is 0 Å². The van der Waals surface area contributed by atoms with Gasteiger partial charge >= 0.3 is 6.09 Å². The standard InChI is InChI=1S/C32H39N7O4/c1-7-23-18-26-19-25(31(41)37(8-2)20-28-33-35-36(6)34-28)16-17-39(26)29(23)30(40)24-13-10-22(11-14-24)12-15-27(21(4)5)38(9-3)32(42)43/h10-19,21,27H,7-9,20H2,1-6H3,(H,42,43)/b15-12+. The highest BCUT2D eigenvalue weighted by atomic mass is 16.4. The van der Waals surface area contributed by atoms with Gasteiger partial charge in [-0.3, -0.25) is 9.59 Å². The van der Waals surface area contributed by atoms with Gasteiger partial charge in [0.05, 0.1) is 25.3 Å². The molecular formula is C32H39N7O4. The van der Waals surface area contributed by atoms with E-state index in [-0.39, 0.29) is 30.2 Å². The number of hydrogen-bond donors (Lipinski definition) is 1. The Morgan fingerprint density at radius 2 is 1.72 bits per heavy atom. The molecule has 0 saturated carbocycles. The van der Waals surface area contributed by atoms with Gasteiger partial charge in [-0.05, 0) is 60.7 Å². The quantitative estimate of drug-likeness (QED) is 0.233. The minimum Gasteiger partial charge on any atom is -0.465 e. The predicted molar refractivity (Wildman–Crippen MR) is 164 cm³/mol. The fourth-order valence-corrected chi connectivity index (χ4v) is 5.21. The highest BCUT2D eigenvalue weighted by Crippen LogP contribution is 2.23. The van der Waals surface area contributed by atoms with Crippen LogP contribution in [0.4, 0.5) is 4.79 Å². The minimum absolute atomic E-state index is 0.110. The van der Waals surface area contributed by atoms with Gasteiger partial charge in [-0.25, -0.2) is 4.79 Å². The number of benzene rings is 1. The minimum atomic E-state index is -0.948. The summed E-state index contributed by atoms with van der Waals surface area (Å²) in [5.74, 6) is 0.308. The number of tetrazole rings is 1. The van der Waals surface area contributed by atoms with Gasteiger partial charge in [0.15, 0.2) is 5.82 Å². The second kappa shape index (κ2) is 13.5. The summed E-state index contributed by atoms with van der Waals surface area (Å²) >= 11 is 0. The van der Waals surface area contributed by atoms with Crippen LogP contribution in [0.2, 0.25) is 0 Å². The van der Waals surface area contributed by atoms with E-state index in [0.717, 1.165) is 16.6 Å². The Hall–Kier alpha value is -4.80. The summed E-state index contributed by atoms with van der Waals surface area (Å²) in [6.07, 6.45) is 5.27. The molecule has 1 atom stereocenters. The van der Waals surface area contributed by atoms with E-state index in [1.165, 1.54) is 9.70 Å². The molecule has 1 aromatic carbocycles. The number of fused-ring (bicyclic) bond motifs is 1. The number of likely N-dealkylation sites (N-methyl/N-ethyl adjacent to an activating group) is 1. The van der Waals surface area contributed by atoms with Gasteiger partial charge < -0.3 is 19.3 Å². The largest absolute Gasteiger partial charge is 0.465 e. The van der Waals surface area contributed by atoms with E-state index in [2.05, 4.69) is 15.4 Å². The van der Waals surface area contributed by atoms with E-state index >= 15 is 0 Å². The molecule has 2 amide bonds. The molecule has 4 rings (SSSR count). The topological polar surface area (TPSA) is 126 Å². The maximum Gasteiger partial charge on any atom is 0.407 e. The fraction of sp³-hybridized carbons (Fsp3) is 0.375. The Balaban J connectivity index is 1.57. The van der Waals surface area contributed by atoms with E-state index in [9.17, 15) is 19.5 Å². The maximum absolute atomic E-state index is 13.7. The van der Waals surface area contributed by atoms with Crippen molar-refractivity contribution in [3.05, 3.63) is 88.5 Å². The lowest BCUT2D eigenvalue weighted by atomic mass is 9.99. The van der Waals surface area contributed by atoms with Gasteiger partial charge in [0, 0.05) is 35.9 Å². The lowest BCUT2D eigenvalue weighted by Gasteiger charge is -2.29. The Kier molecular flexibility index (Phi) is 9.74. The normalized spacial score (nSPS) is 12.3. The molecular weight excluding hydrogens is 546 g/mol. The zero-order chi connectivity index (χ0) is 31.3. The molecule has 0 fully saturated rings. The molecule has 0 bridgehead atoms. The molecule has 3 aromatic heterocycles. The number of pyridine rings is 1. The fourth-order valence-electron chi connectivity index (χ4n) is 5.21. The third-order valence-corrected chi connectivity index (χ3v) is 7.53. The van der Waals surface area contributed by atoms with Crippen molar-refractivity contribution in [2.45, 2.75) is 53.6 Å². The second-order valence-corrected chi connectivity index (χ2v) is 10.7. The van der Waals surface area contributed by atoms with E-state index in [0.29, 0.717) is 42.2 Å². The maximum atomic E-state index is 13.7. The Morgan fingerprint density at radius 3 is 2.28 bits per heavy atom. The first-order valence-electron chi connectivity index (χ1n) is 14.6. The first-order chi connectivity index (χ1) is 20.6. The summed E-state index contributed by atoms with van der Waals surface area (Å²) in [7, 11) is 1.68. The molecule has 1 unspecified atom stereocenters. The van der Waals surface area contributed by atoms with E-state index in [4.69, 9.17) is 0 Å². The number of carbonyl (C=O) groups is 3. The first kappa shape index (κ1) is 31.1. The van der Waals surface area contributed by atoms with Crippen molar-refractivity contribution in [1.29, 1.82) is 0 Å². The van der Waals surface area contributed by atoms with Crippen LogP contribution in [0.3, 0.4) is 0 Å². The molecule has 4 aromatic rings. The van der Waals surface area contributed by atoms with Crippen molar-refractivity contribution in [3.8, 4) is 0 Å². The zero-order valence-corrected chi connectivity index (χ0v) is 25.6. The lowest BCUT2D eigenvalue weighted by molar-refractivity contribution is 0.0748. The SMILES string of the molecule is CCc1cc2cc(C(=O)N(CC)Cc3nnn(C)n3)ccn2c1C(=O)c1ccc(/C=C/C(C(C)C)N(CC)C(=O)O)cc1. The summed E-state index contributed by atoms with van der Waals surface area (Å²) in [5.41, 5.74) is 4.15. The van der Waals surface area contributed by atoms with Crippen LogP contribution in [0.15, 0.2) is 54.7 Å². The van der Waals surface area contributed by atoms with Crippen LogP contribution in [0.25, 0.3) is 11.6 Å². The molecule has 0 radical (unpaired) electrons. The highest BCUT2D eigenvalue weighted by Gasteiger charge is 2.23. The van der Waals surface area contributed by atoms with Crippen molar-refractivity contribution in [3.63, 3.8) is 0 Å². The number of hydrogen-bond acceptors (Lipinski definition) is 6. The number of nitrogens with zero attached hydrogens (tertiary/aromatic N) is 7. The molecule has 11 heteroatoms. The third kappa shape index (κ3) is 6.82. The highest BCUT2D eigenvalue weighted by molar-refractivity contribution is 6.10. The monoisotopic (exact) mass is 585 g/mol. The first-order valence-corrected chi connectivity index (χ1v) is 14.6. The van der Waals surface area contributed by atoms with E-state index in [1.54, 1.807) is 42.4 Å². The smallest absolute Gasteiger partial charge is 0.407 e. The molecule has 0 aliphatic rings. The molecule has 0 aliphatic heterocycles. The number of carbonyl (C=O) groups excluding carboxylic acids is 2. The van der Waals surface area contributed by atoms with Gasteiger partial charge in [0.25, 0.3) is 5.91 Å². The number of amides is 2. The van der Waals surface area contributed by atoms with Crippen LogP contribution < -0.4 is 0 Å². The lowest BCUT2D eigenvalue weighted by Crippen LogP contribution is -2.41. The van der Waals surface area contributed by atoms with Crippen molar-refractivity contribution < 1.29 is 19.5 Å². The van der Waals surface area contributed by atoms with Gasteiger partial charge in [-0.2, -0.15) is 4.80 Å². The number of rotatable bonds is 12. The second-order valence-electron chi connectivity index (χ2n) is 10.7. The van der Waals surface area contributed by atoms with Crippen LogP contribution in [0, 0.1) is 5.92 Å². The van der Waals surface area contributed by atoms with Crippen LogP contribution >= 0.6 is 0 Å². The molecule has 226 valence electrons. The van der Waals surface area contributed by atoms with Gasteiger partial charge in [-0.15, -0.1) is 10.2 Å². The van der Waals surface area contributed by atoms with Gasteiger partial charge in [-0.1, -0.05) is 57.2 Å². The number of aromatic nitrogens is 5. The zero-order valence-electron chi connectivity index (χ0n) is 25.6. The number of ketones is 1. The van der Waals surface area contributed by atoms with Crippen LogP contribution in [0.1, 0.15) is 78.0 Å². The van der Waals surface area contributed by atoms with Crippen LogP contribution in [-0.4, -0.2) is 76.4 Å². The van der Waals surface area contributed by atoms with Crippen LogP contribution in [-0.2, 0) is 20.0 Å². The Labute approximate surface area is 251 Å². The molecule has 1 N–H and O–H groups in total. The third-order valence-electron chi connectivity index (χ3n) is 7.53. The van der Waals surface area contributed by atoms with Crippen molar-refractivity contribution >= 4 is 29.4 Å². The van der Waals surface area contributed by atoms with Gasteiger partial charge in [0.2, 0.25) is 5.78 Å². The molecule has 3 heterocycles. The Bertz CT molecular complexity index is 1640. The molecule has 11 nitrogen and oxygen atoms in total.